The summed E-state index contributed by atoms with van der Waals surface area (Å²) < 4.78 is 1.33. The van der Waals surface area contributed by atoms with E-state index in [0.717, 1.165) is 5.56 Å². The first-order valence-corrected chi connectivity index (χ1v) is 6.67. The van der Waals surface area contributed by atoms with Gasteiger partial charge in [0.15, 0.2) is 0 Å². The van der Waals surface area contributed by atoms with Gasteiger partial charge in [-0.05, 0) is 26.0 Å². The van der Waals surface area contributed by atoms with Gasteiger partial charge in [0.1, 0.15) is 5.02 Å². The first kappa shape index (κ1) is 13.6. The lowest BCUT2D eigenvalue weighted by molar-refractivity contribution is 0.835. The standard InChI is InChI=1S/C15H11ClN2O3/c1-7-3-5-9(6-4-7)18-15(21)10(8(2)17-18)11-12(16)14(20)13(11)19/h3-6,17H,1-2H3. The second-order valence-electron chi connectivity index (χ2n) is 4.94. The van der Waals surface area contributed by atoms with Gasteiger partial charge >= 0.3 is 0 Å². The molecule has 1 N–H and O–H groups in total. The number of hydrogen-bond acceptors (Lipinski definition) is 3. The smallest absolute Gasteiger partial charge is 0.279 e. The van der Waals surface area contributed by atoms with Crippen LogP contribution in [0.1, 0.15) is 11.3 Å². The highest BCUT2D eigenvalue weighted by Crippen LogP contribution is 2.23. The molecule has 0 saturated heterocycles. The lowest BCUT2D eigenvalue weighted by Crippen LogP contribution is -2.35. The van der Waals surface area contributed by atoms with Crippen molar-refractivity contribution in [2.24, 2.45) is 0 Å². The average Bonchev–Trinajstić information content (AvgIpc) is 2.76. The van der Waals surface area contributed by atoms with Gasteiger partial charge < -0.3 is 0 Å². The number of halogens is 1. The zero-order chi connectivity index (χ0) is 15.3. The Morgan fingerprint density at radius 1 is 0.952 bits per heavy atom. The molecule has 0 amide bonds. The van der Waals surface area contributed by atoms with Crippen molar-refractivity contribution < 1.29 is 0 Å². The maximum atomic E-state index is 12.5. The summed E-state index contributed by atoms with van der Waals surface area (Å²) in [6, 6.07) is 7.34. The van der Waals surface area contributed by atoms with Crippen molar-refractivity contribution in [1.29, 1.82) is 0 Å². The number of aromatic amines is 1. The monoisotopic (exact) mass is 302 g/mol. The van der Waals surface area contributed by atoms with Crippen molar-refractivity contribution in [3.05, 3.63) is 71.3 Å². The van der Waals surface area contributed by atoms with Crippen LogP contribution in [-0.4, -0.2) is 9.78 Å². The number of H-pyrrole nitrogens is 1. The molecule has 0 saturated carbocycles. The van der Waals surface area contributed by atoms with Crippen molar-refractivity contribution in [2.75, 3.05) is 0 Å². The minimum atomic E-state index is -0.742. The van der Waals surface area contributed by atoms with Gasteiger partial charge in [0, 0.05) is 5.69 Å². The van der Waals surface area contributed by atoms with E-state index in [1.54, 1.807) is 19.1 Å². The summed E-state index contributed by atoms with van der Waals surface area (Å²) in [6.07, 6.45) is 0. The molecule has 1 heterocycles. The highest BCUT2D eigenvalue weighted by Gasteiger charge is 2.26. The number of nitrogens with zero attached hydrogens (tertiary/aromatic N) is 1. The Morgan fingerprint density at radius 3 is 2.14 bits per heavy atom. The number of rotatable bonds is 2. The van der Waals surface area contributed by atoms with Gasteiger partial charge in [-0.3, -0.25) is 19.5 Å². The second-order valence-corrected chi connectivity index (χ2v) is 5.31. The first-order chi connectivity index (χ1) is 9.91. The maximum Gasteiger partial charge on any atom is 0.279 e. The third-order valence-electron chi connectivity index (χ3n) is 3.47. The fraction of sp³-hybridized carbons (Fsp3) is 0.133. The van der Waals surface area contributed by atoms with E-state index < -0.39 is 16.4 Å². The highest BCUT2D eigenvalue weighted by molar-refractivity contribution is 6.34. The minimum Gasteiger partial charge on any atom is -0.295 e. The molecule has 3 rings (SSSR count). The Labute approximate surface area is 124 Å². The van der Waals surface area contributed by atoms with E-state index in [9.17, 15) is 14.4 Å². The second kappa shape index (κ2) is 4.56. The normalized spacial score (nSPS) is 11.2. The number of hydrogen-bond donors (Lipinski definition) is 1. The van der Waals surface area contributed by atoms with Crippen LogP contribution >= 0.6 is 11.6 Å². The van der Waals surface area contributed by atoms with E-state index in [1.807, 2.05) is 19.1 Å². The first-order valence-electron chi connectivity index (χ1n) is 6.29. The Hall–Kier alpha value is -2.40. The molecule has 2 aromatic carbocycles. The molecule has 0 unspecified atom stereocenters. The molecular formula is C15H11ClN2O3. The van der Waals surface area contributed by atoms with E-state index in [2.05, 4.69) is 5.10 Å². The number of benzene rings is 1. The van der Waals surface area contributed by atoms with E-state index in [4.69, 9.17) is 11.6 Å². The lowest BCUT2D eigenvalue weighted by atomic mass is 10.0. The maximum absolute atomic E-state index is 12.5. The Bertz CT molecular complexity index is 970. The van der Waals surface area contributed by atoms with Crippen LogP contribution in [0, 0.1) is 13.8 Å². The number of nitrogens with one attached hydrogen (secondary N) is 1. The van der Waals surface area contributed by atoms with Crippen LogP contribution in [0.15, 0.2) is 38.6 Å². The van der Waals surface area contributed by atoms with Crippen LogP contribution < -0.4 is 16.4 Å². The van der Waals surface area contributed by atoms with E-state index in [0.29, 0.717) is 11.4 Å². The molecule has 0 spiro atoms. The van der Waals surface area contributed by atoms with E-state index in [-0.39, 0.29) is 16.1 Å². The quantitative estimate of drug-likeness (QED) is 0.732. The third kappa shape index (κ3) is 1.89. The molecule has 0 bridgehead atoms. The van der Waals surface area contributed by atoms with Gasteiger partial charge in [-0.1, -0.05) is 29.3 Å². The summed E-state index contributed by atoms with van der Waals surface area (Å²) in [7, 11) is 0. The summed E-state index contributed by atoms with van der Waals surface area (Å²) in [5, 5.41) is 2.73. The highest BCUT2D eigenvalue weighted by atomic mass is 35.5. The average molecular weight is 303 g/mol. The molecule has 0 aliphatic heterocycles. The summed E-state index contributed by atoms with van der Waals surface area (Å²) in [5.41, 5.74) is 0.524. The summed E-state index contributed by atoms with van der Waals surface area (Å²) in [4.78, 5) is 35.3. The summed E-state index contributed by atoms with van der Waals surface area (Å²) in [6.45, 7) is 3.61. The van der Waals surface area contributed by atoms with E-state index in [1.165, 1.54) is 4.68 Å². The molecular weight excluding hydrogens is 292 g/mol. The molecule has 106 valence electrons. The molecule has 6 heteroatoms. The van der Waals surface area contributed by atoms with Crippen LogP contribution in [0.4, 0.5) is 0 Å². The van der Waals surface area contributed by atoms with E-state index >= 15 is 0 Å². The zero-order valence-electron chi connectivity index (χ0n) is 11.4. The summed E-state index contributed by atoms with van der Waals surface area (Å²) in [5.74, 6) is 0. The fourth-order valence-electron chi connectivity index (χ4n) is 2.30. The lowest BCUT2D eigenvalue weighted by Gasteiger charge is -2.02. The van der Waals surface area contributed by atoms with Gasteiger partial charge in [-0.2, -0.15) is 0 Å². The molecule has 0 aliphatic rings. The van der Waals surface area contributed by atoms with Crippen LogP contribution in [-0.2, 0) is 0 Å². The number of aromatic nitrogens is 2. The largest absolute Gasteiger partial charge is 0.295 e. The molecule has 1 aromatic heterocycles. The molecule has 0 aliphatic carbocycles. The Kier molecular flexibility index (Phi) is 2.95. The van der Waals surface area contributed by atoms with Crippen LogP contribution in [0.5, 0.6) is 0 Å². The summed E-state index contributed by atoms with van der Waals surface area (Å²) >= 11 is 5.76. The molecule has 3 aromatic rings. The molecule has 5 nitrogen and oxygen atoms in total. The van der Waals surface area contributed by atoms with Crippen LogP contribution in [0.25, 0.3) is 16.8 Å². The third-order valence-corrected chi connectivity index (χ3v) is 3.83. The Balaban J connectivity index is 2.23. The van der Waals surface area contributed by atoms with Gasteiger partial charge in [0.2, 0.25) is 10.9 Å². The molecule has 0 atom stereocenters. The number of aryl methyl sites for hydroxylation is 2. The predicted molar refractivity (Wildman–Crippen MR) is 81.2 cm³/mol. The molecule has 0 fully saturated rings. The zero-order valence-corrected chi connectivity index (χ0v) is 12.1. The van der Waals surface area contributed by atoms with Crippen molar-refractivity contribution in [3.8, 4) is 16.8 Å². The topological polar surface area (TPSA) is 71.9 Å². The van der Waals surface area contributed by atoms with Crippen molar-refractivity contribution >= 4 is 11.6 Å². The Morgan fingerprint density at radius 2 is 1.57 bits per heavy atom. The fourth-order valence-corrected chi connectivity index (χ4v) is 2.57. The van der Waals surface area contributed by atoms with Crippen molar-refractivity contribution in [2.45, 2.75) is 13.8 Å². The SMILES string of the molecule is Cc1ccc(-n2[nH]c(C)c(-c3c(Cl)c(=O)c3=O)c2=O)cc1. The predicted octanol–water partition coefficient (Wildman–Crippen LogP) is 1.70. The van der Waals surface area contributed by atoms with Crippen LogP contribution in [0.2, 0.25) is 5.02 Å². The van der Waals surface area contributed by atoms with Crippen LogP contribution in [0.3, 0.4) is 0 Å². The van der Waals surface area contributed by atoms with Crippen molar-refractivity contribution in [1.82, 2.24) is 9.78 Å². The van der Waals surface area contributed by atoms with Gasteiger partial charge in [-0.25, -0.2) is 4.68 Å². The van der Waals surface area contributed by atoms with Gasteiger partial charge in [0.05, 0.1) is 16.8 Å². The molecule has 0 radical (unpaired) electrons. The minimum absolute atomic E-state index is 0.00581. The van der Waals surface area contributed by atoms with Gasteiger partial charge in [-0.15, -0.1) is 0 Å². The molecule has 21 heavy (non-hydrogen) atoms. The van der Waals surface area contributed by atoms with Crippen molar-refractivity contribution in [3.63, 3.8) is 0 Å². The van der Waals surface area contributed by atoms with Gasteiger partial charge in [0.25, 0.3) is 5.56 Å².